The molecular weight excluding hydrogens is 295 g/mol. The molecule has 1 heterocycles. The van der Waals surface area contributed by atoms with Gasteiger partial charge in [0.2, 0.25) is 0 Å². The summed E-state index contributed by atoms with van der Waals surface area (Å²) in [6.07, 6.45) is -4.30. The lowest BCUT2D eigenvalue weighted by Gasteiger charge is -2.21. The topological polar surface area (TPSA) is 12.0 Å². The molecule has 0 amide bonds. The maximum atomic E-state index is 12.8. The fourth-order valence-electron chi connectivity index (χ4n) is 2.36. The van der Waals surface area contributed by atoms with Crippen LogP contribution in [-0.2, 0) is 6.18 Å². The van der Waals surface area contributed by atoms with Gasteiger partial charge in [0.25, 0.3) is 0 Å². The molecule has 0 bridgehead atoms. The largest absolute Gasteiger partial charge is 0.416 e. The first kappa shape index (κ1) is 16.0. The van der Waals surface area contributed by atoms with Crippen LogP contribution >= 0.6 is 11.3 Å². The Hall–Kier alpha value is -1.33. The van der Waals surface area contributed by atoms with Gasteiger partial charge in [-0.2, -0.15) is 13.2 Å². The van der Waals surface area contributed by atoms with Crippen molar-refractivity contribution in [3.05, 3.63) is 57.3 Å². The summed E-state index contributed by atoms with van der Waals surface area (Å²) in [6.45, 7) is 5.96. The first-order chi connectivity index (χ1) is 9.79. The van der Waals surface area contributed by atoms with Crippen LogP contribution in [0.5, 0.6) is 0 Å². The summed E-state index contributed by atoms with van der Waals surface area (Å²) in [6, 6.07) is 7.50. The highest BCUT2D eigenvalue weighted by atomic mass is 32.1. The van der Waals surface area contributed by atoms with Gasteiger partial charge in [-0.05, 0) is 55.5 Å². The molecule has 2 rings (SSSR count). The molecule has 114 valence electrons. The van der Waals surface area contributed by atoms with Gasteiger partial charge in [0, 0.05) is 17.0 Å². The zero-order chi connectivity index (χ0) is 15.6. The molecule has 5 heteroatoms. The van der Waals surface area contributed by atoms with Crippen molar-refractivity contribution in [3.8, 4) is 0 Å². The number of alkyl halides is 3. The number of nitrogens with one attached hydrogen (secondary N) is 1. The number of thiophene rings is 1. The second-order valence-corrected chi connectivity index (χ2v) is 6.15. The van der Waals surface area contributed by atoms with E-state index >= 15 is 0 Å². The van der Waals surface area contributed by atoms with E-state index in [4.69, 9.17) is 0 Å². The summed E-state index contributed by atoms with van der Waals surface area (Å²) in [5.41, 5.74) is 1.25. The summed E-state index contributed by atoms with van der Waals surface area (Å²) < 4.78 is 38.3. The van der Waals surface area contributed by atoms with Gasteiger partial charge in [0.15, 0.2) is 0 Å². The first-order valence-electron chi connectivity index (χ1n) is 6.76. The number of rotatable bonds is 4. The van der Waals surface area contributed by atoms with Gasteiger partial charge in [-0.1, -0.05) is 12.1 Å². The summed E-state index contributed by atoms with van der Waals surface area (Å²) in [5, 5.41) is 5.39. The van der Waals surface area contributed by atoms with Gasteiger partial charge in [0.05, 0.1) is 5.56 Å². The average molecular weight is 313 g/mol. The Morgan fingerprint density at radius 2 is 1.81 bits per heavy atom. The van der Waals surface area contributed by atoms with Crippen molar-refractivity contribution >= 4 is 11.3 Å². The lowest BCUT2D eigenvalue weighted by atomic mass is 10.0. The minimum atomic E-state index is -4.30. The zero-order valence-corrected chi connectivity index (χ0v) is 13.0. The molecular formula is C16H18F3NS. The van der Waals surface area contributed by atoms with E-state index in [1.54, 1.807) is 17.4 Å². The average Bonchev–Trinajstić information content (AvgIpc) is 2.84. The van der Waals surface area contributed by atoms with E-state index in [0.717, 1.165) is 6.07 Å². The third-order valence-electron chi connectivity index (χ3n) is 3.51. The van der Waals surface area contributed by atoms with Crippen molar-refractivity contribution in [2.45, 2.75) is 39.0 Å². The van der Waals surface area contributed by atoms with Crippen LogP contribution < -0.4 is 5.32 Å². The Bertz CT molecular complexity index is 604. The molecule has 0 fully saturated rings. The number of hydrogen-bond acceptors (Lipinski definition) is 2. The molecule has 1 aromatic heterocycles. The van der Waals surface area contributed by atoms with E-state index in [1.807, 2.05) is 32.2 Å². The molecule has 0 spiro atoms. The number of halogens is 3. The molecule has 1 N–H and O–H groups in total. The van der Waals surface area contributed by atoms with Crippen LogP contribution in [0.4, 0.5) is 13.2 Å². The predicted molar refractivity (Wildman–Crippen MR) is 80.5 cm³/mol. The zero-order valence-electron chi connectivity index (χ0n) is 12.2. The number of benzene rings is 1. The van der Waals surface area contributed by atoms with Gasteiger partial charge in [0.1, 0.15) is 0 Å². The molecule has 0 aliphatic rings. The monoisotopic (exact) mass is 313 g/mol. The molecule has 0 saturated heterocycles. The van der Waals surface area contributed by atoms with E-state index in [0.29, 0.717) is 5.56 Å². The highest BCUT2D eigenvalue weighted by Gasteiger charge is 2.30. The maximum Gasteiger partial charge on any atom is 0.416 e. The van der Waals surface area contributed by atoms with Gasteiger partial charge >= 0.3 is 6.18 Å². The van der Waals surface area contributed by atoms with Crippen molar-refractivity contribution in [2.75, 3.05) is 0 Å². The molecule has 21 heavy (non-hydrogen) atoms. The van der Waals surface area contributed by atoms with Gasteiger partial charge in [-0.3, -0.25) is 0 Å². The van der Waals surface area contributed by atoms with Crippen molar-refractivity contribution in [1.82, 2.24) is 5.32 Å². The molecule has 2 unspecified atom stereocenters. The Morgan fingerprint density at radius 3 is 2.38 bits per heavy atom. The minimum absolute atomic E-state index is 0.106. The normalized spacial score (nSPS) is 15.0. The Labute approximate surface area is 126 Å². The Morgan fingerprint density at radius 1 is 1.10 bits per heavy atom. The third kappa shape index (κ3) is 3.86. The third-order valence-corrected chi connectivity index (χ3v) is 4.71. The molecule has 0 saturated carbocycles. The Kier molecular flexibility index (Phi) is 4.74. The van der Waals surface area contributed by atoms with E-state index in [2.05, 4.69) is 5.32 Å². The Balaban J connectivity index is 2.14. The van der Waals surface area contributed by atoms with Crippen LogP contribution in [-0.4, -0.2) is 0 Å². The molecule has 0 aliphatic heterocycles. The fraction of sp³-hybridized carbons (Fsp3) is 0.375. The van der Waals surface area contributed by atoms with Crippen LogP contribution in [0.15, 0.2) is 35.7 Å². The molecule has 2 atom stereocenters. The second-order valence-electron chi connectivity index (χ2n) is 5.20. The number of aryl methyl sites for hydroxylation is 1. The van der Waals surface area contributed by atoms with Crippen LogP contribution in [0.2, 0.25) is 0 Å². The van der Waals surface area contributed by atoms with Gasteiger partial charge in [-0.25, -0.2) is 0 Å². The molecule has 0 aliphatic carbocycles. The predicted octanol–water partition coefficient (Wildman–Crippen LogP) is 5.49. The van der Waals surface area contributed by atoms with Crippen LogP contribution in [0.25, 0.3) is 0 Å². The second kappa shape index (κ2) is 6.20. The summed E-state index contributed by atoms with van der Waals surface area (Å²) in [4.78, 5) is 1.22. The van der Waals surface area contributed by atoms with Crippen LogP contribution in [0, 0.1) is 6.92 Å². The fourth-order valence-corrected chi connectivity index (χ4v) is 3.30. The smallest absolute Gasteiger partial charge is 0.303 e. The summed E-state index contributed by atoms with van der Waals surface area (Å²) in [7, 11) is 0. The van der Waals surface area contributed by atoms with E-state index < -0.39 is 11.7 Å². The van der Waals surface area contributed by atoms with Gasteiger partial charge < -0.3 is 5.32 Å². The van der Waals surface area contributed by atoms with Crippen LogP contribution in [0.3, 0.4) is 0 Å². The van der Waals surface area contributed by atoms with Gasteiger partial charge in [-0.15, -0.1) is 11.3 Å². The highest BCUT2D eigenvalue weighted by Crippen LogP contribution is 2.31. The molecule has 1 nitrogen and oxygen atoms in total. The molecule has 0 radical (unpaired) electrons. The standard InChI is InChI=1S/C16H18F3NS/c1-10-7-8-21-15(10)12(3)20-11(2)13-5-4-6-14(9-13)16(17,18)19/h4-9,11-12,20H,1-3H3. The number of hydrogen-bond donors (Lipinski definition) is 1. The maximum absolute atomic E-state index is 12.8. The lowest BCUT2D eigenvalue weighted by Crippen LogP contribution is -2.22. The molecule has 1 aromatic carbocycles. The van der Waals surface area contributed by atoms with E-state index in [-0.39, 0.29) is 12.1 Å². The quantitative estimate of drug-likeness (QED) is 0.787. The first-order valence-corrected chi connectivity index (χ1v) is 7.64. The van der Waals surface area contributed by atoms with Crippen LogP contribution in [0.1, 0.15) is 47.5 Å². The minimum Gasteiger partial charge on any atom is -0.303 e. The highest BCUT2D eigenvalue weighted by molar-refractivity contribution is 7.10. The van der Waals surface area contributed by atoms with Crippen molar-refractivity contribution < 1.29 is 13.2 Å². The lowest BCUT2D eigenvalue weighted by molar-refractivity contribution is -0.137. The van der Waals surface area contributed by atoms with Crippen molar-refractivity contribution in [1.29, 1.82) is 0 Å². The van der Waals surface area contributed by atoms with Crippen molar-refractivity contribution in [3.63, 3.8) is 0 Å². The summed E-state index contributed by atoms with van der Waals surface area (Å²) >= 11 is 1.66. The summed E-state index contributed by atoms with van der Waals surface area (Å²) in [5.74, 6) is 0. The molecule has 2 aromatic rings. The van der Waals surface area contributed by atoms with E-state index in [9.17, 15) is 13.2 Å². The van der Waals surface area contributed by atoms with Crippen molar-refractivity contribution in [2.24, 2.45) is 0 Å². The SMILES string of the molecule is Cc1ccsc1C(C)NC(C)c1cccc(C(F)(F)F)c1. The van der Waals surface area contributed by atoms with E-state index in [1.165, 1.54) is 22.6 Å².